The van der Waals surface area contributed by atoms with Crippen molar-refractivity contribution < 1.29 is 0 Å². The summed E-state index contributed by atoms with van der Waals surface area (Å²) >= 11 is 3.58. The van der Waals surface area contributed by atoms with Crippen LogP contribution in [0.5, 0.6) is 0 Å². The van der Waals surface area contributed by atoms with Gasteiger partial charge in [-0.25, -0.2) is 4.98 Å². The Balaban J connectivity index is 2.18. The van der Waals surface area contributed by atoms with Crippen LogP contribution in [0.4, 0.5) is 0 Å². The summed E-state index contributed by atoms with van der Waals surface area (Å²) in [7, 11) is 0. The number of hydrogen-bond donors (Lipinski definition) is 0. The number of hydrogen-bond acceptors (Lipinski definition) is 2. The van der Waals surface area contributed by atoms with E-state index in [0.29, 0.717) is 6.04 Å². The second kappa shape index (κ2) is 4.26. The maximum atomic E-state index is 4.65. The summed E-state index contributed by atoms with van der Waals surface area (Å²) in [4.78, 5) is 8.83. The molecule has 4 heteroatoms. The summed E-state index contributed by atoms with van der Waals surface area (Å²) in [6, 6.07) is 4.54. The fraction of sp³-hybridized carbons (Fsp3) is 0.385. The molecule has 2 aromatic rings. The normalized spacial score (nSPS) is 19.1. The van der Waals surface area contributed by atoms with Crippen LogP contribution in [0.2, 0.25) is 0 Å². The molecule has 1 aliphatic heterocycles. The second-order valence-electron chi connectivity index (χ2n) is 4.53. The molecule has 0 N–H and O–H groups in total. The Morgan fingerprint density at radius 2 is 2.35 bits per heavy atom. The van der Waals surface area contributed by atoms with Gasteiger partial charge >= 0.3 is 0 Å². The Bertz CT molecular complexity index is 533. The van der Waals surface area contributed by atoms with Crippen LogP contribution in [-0.2, 0) is 6.42 Å². The van der Waals surface area contributed by atoms with E-state index in [2.05, 4.69) is 43.5 Å². The molecule has 0 aliphatic carbocycles. The molecular weight excluding hydrogens is 278 g/mol. The van der Waals surface area contributed by atoms with E-state index in [-0.39, 0.29) is 0 Å². The molecule has 3 heterocycles. The Morgan fingerprint density at radius 1 is 1.47 bits per heavy atom. The zero-order valence-electron chi connectivity index (χ0n) is 9.73. The number of aromatic nitrogens is 3. The molecule has 17 heavy (non-hydrogen) atoms. The van der Waals surface area contributed by atoms with Gasteiger partial charge in [-0.2, -0.15) is 0 Å². The standard InChI is InChI=1S/C13H14BrN3/c1-9-4-2-6-11-12(14)16-13(17(9)11)10-5-3-7-15-8-10/h3,5,7-9H,2,4,6H2,1H3. The van der Waals surface area contributed by atoms with Crippen molar-refractivity contribution in [2.24, 2.45) is 0 Å². The summed E-state index contributed by atoms with van der Waals surface area (Å²) in [5.74, 6) is 1.03. The topological polar surface area (TPSA) is 30.7 Å². The number of halogens is 1. The van der Waals surface area contributed by atoms with Crippen molar-refractivity contribution in [3.05, 3.63) is 34.8 Å². The van der Waals surface area contributed by atoms with E-state index in [1.54, 1.807) is 6.20 Å². The van der Waals surface area contributed by atoms with E-state index in [0.717, 1.165) is 22.4 Å². The Kier molecular flexibility index (Phi) is 2.74. The first-order valence-electron chi connectivity index (χ1n) is 5.94. The monoisotopic (exact) mass is 291 g/mol. The summed E-state index contributed by atoms with van der Waals surface area (Å²) in [6.07, 6.45) is 7.25. The molecule has 0 fully saturated rings. The summed E-state index contributed by atoms with van der Waals surface area (Å²) in [5, 5.41) is 0. The molecule has 0 aromatic carbocycles. The Morgan fingerprint density at radius 3 is 3.12 bits per heavy atom. The van der Waals surface area contributed by atoms with Crippen molar-refractivity contribution >= 4 is 15.9 Å². The van der Waals surface area contributed by atoms with Gasteiger partial charge in [0.1, 0.15) is 10.4 Å². The fourth-order valence-corrected chi connectivity index (χ4v) is 3.09. The molecule has 3 nitrogen and oxygen atoms in total. The minimum absolute atomic E-state index is 0.521. The zero-order valence-corrected chi connectivity index (χ0v) is 11.3. The SMILES string of the molecule is CC1CCCc2c(Br)nc(-c3cccnc3)n21. The maximum absolute atomic E-state index is 4.65. The Hall–Kier alpha value is -1.16. The van der Waals surface area contributed by atoms with Crippen LogP contribution < -0.4 is 0 Å². The van der Waals surface area contributed by atoms with Crippen molar-refractivity contribution in [2.45, 2.75) is 32.2 Å². The average molecular weight is 292 g/mol. The van der Waals surface area contributed by atoms with Crippen LogP contribution in [0.1, 0.15) is 31.5 Å². The summed E-state index contributed by atoms with van der Waals surface area (Å²) in [5.41, 5.74) is 2.41. The van der Waals surface area contributed by atoms with E-state index in [1.165, 1.54) is 18.5 Å². The minimum Gasteiger partial charge on any atom is -0.324 e. The third-order valence-electron chi connectivity index (χ3n) is 3.36. The number of fused-ring (bicyclic) bond motifs is 1. The number of imidazole rings is 1. The van der Waals surface area contributed by atoms with Crippen molar-refractivity contribution in [3.8, 4) is 11.4 Å². The van der Waals surface area contributed by atoms with Crippen LogP contribution in [0, 0.1) is 0 Å². The van der Waals surface area contributed by atoms with Crippen molar-refractivity contribution in [1.82, 2.24) is 14.5 Å². The number of rotatable bonds is 1. The highest BCUT2D eigenvalue weighted by atomic mass is 79.9. The lowest BCUT2D eigenvalue weighted by Gasteiger charge is -2.24. The van der Waals surface area contributed by atoms with Crippen LogP contribution in [0.15, 0.2) is 29.1 Å². The highest BCUT2D eigenvalue weighted by Gasteiger charge is 2.23. The zero-order chi connectivity index (χ0) is 11.8. The largest absolute Gasteiger partial charge is 0.324 e. The van der Waals surface area contributed by atoms with E-state index < -0.39 is 0 Å². The lowest BCUT2D eigenvalue weighted by Crippen LogP contribution is -2.15. The van der Waals surface area contributed by atoms with Gasteiger partial charge < -0.3 is 4.57 Å². The first kappa shape index (κ1) is 11.0. The van der Waals surface area contributed by atoms with Crippen LogP contribution in [-0.4, -0.2) is 14.5 Å². The average Bonchev–Trinajstić information content (AvgIpc) is 2.70. The molecule has 0 amide bonds. The summed E-state index contributed by atoms with van der Waals surface area (Å²) < 4.78 is 3.34. The smallest absolute Gasteiger partial charge is 0.143 e. The van der Waals surface area contributed by atoms with Gasteiger partial charge in [0.25, 0.3) is 0 Å². The quantitative estimate of drug-likeness (QED) is 0.804. The van der Waals surface area contributed by atoms with E-state index in [9.17, 15) is 0 Å². The van der Waals surface area contributed by atoms with Gasteiger partial charge in [-0.3, -0.25) is 4.98 Å². The van der Waals surface area contributed by atoms with Crippen LogP contribution in [0.3, 0.4) is 0 Å². The van der Waals surface area contributed by atoms with E-state index >= 15 is 0 Å². The fourth-order valence-electron chi connectivity index (χ4n) is 2.53. The highest BCUT2D eigenvalue weighted by Crippen LogP contribution is 2.34. The number of pyridine rings is 1. The highest BCUT2D eigenvalue weighted by molar-refractivity contribution is 9.10. The van der Waals surface area contributed by atoms with Gasteiger partial charge in [-0.1, -0.05) is 0 Å². The first-order chi connectivity index (χ1) is 8.27. The van der Waals surface area contributed by atoms with Gasteiger partial charge in [-0.15, -0.1) is 0 Å². The van der Waals surface area contributed by atoms with Crippen LogP contribution >= 0.6 is 15.9 Å². The molecule has 0 radical (unpaired) electrons. The van der Waals surface area contributed by atoms with Gasteiger partial charge in [0.05, 0.1) is 5.69 Å². The molecule has 0 saturated heterocycles. The molecule has 1 aliphatic rings. The molecule has 0 bridgehead atoms. The lowest BCUT2D eigenvalue weighted by atomic mass is 10.0. The van der Waals surface area contributed by atoms with Gasteiger partial charge in [-0.05, 0) is 54.2 Å². The predicted octanol–water partition coefficient (Wildman–Crippen LogP) is 3.60. The van der Waals surface area contributed by atoms with Crippen LogP contribution in [0.25, 0.3) is 11.4 Å². The maximum Gasteiger partial charge on any atom is 0.143 e. The molecule has 3 rings (SSSR count). The van der Waals surface area contributed by atoms with E-state index in [1.807, 2.05) is 12.3 Å². The first-order valence-corrected chi connectivity index (χ1v) is 6.73. The molecular formula is C13H14BrN3. The molecule has 88 valence electrons. The van der Waals surface area contributed by atoms with Gasteiger partial charge in [0.2, 0.25) is 0 Å². The predicted molar refractivity (Wildman–Crippen MR) is 70.8 cm³/mol. The Labute approximate surface area is 109 Å². The summed E-state index contributed by atoms with van der Waals surface area (Å²) in [6.45, 7) is 2.26. The third kappa shape index (κ3) is 1.80. The van der Waals surface area contributed by atoms with Crippen molar-refractivity contribution in [1.29, 1.82) is 0 Å². The molecule has 1 atom stereocenters. The van der Waals surface area contributed by atoms with Gasteiger partial charge in [0.15, 0.2) is 0 Å². The van der Waals surface area contributed by atoms with Crippen molar-refractivity contribution in [3.63, 3.8) is 0 Å². The van der Waals surface area contributed by atoms with Gasteiger partial charge in [0, 0.05) is 24.0 Å². The molecule has 1 unspecified atom stereocenters. The molecule has 0 saturated carbocycles. The minimum atomic E-state index is 0.521. The van der Waals surface area contributed by atoms with E-state index in [4.69, 9.17) is 0 Å². The lowest BCUT2D eigenvalue weighted by molar-refractivity contribution is 0.435. The third-order valence-corrected chi connectivity index (χ3v) is 3.99. The van der Waals surface area contributed by atoms with Crippen molar-refractivity contribution in [2.75, 3.05) is 0 Å². The second-order valence-corrected chi connectivity index (χ2v) is 5.28. The number of nitrogens with zero attached hydrogens (tertiary/aromatic N) is 3. The molecule has 0 spiro atoms. The molecule has 2 aromatic heterocycles.